The lowest BCUT2D eigenvalue weighted by molar-refractivity contribution is 0.219. The molecule has 8 heteroatoms. The Morgan fingerprint density at radius 1 is 1.13 bits per heavy atom. The first-order chi connectivity index (χ1) is 15.2. The number of hydrogen-bond acceptors (Lipinski definition) is 4. The van der Waals surface area contributed by atoms with E-state index in [2.05, 4.69) is 57.1 Å². The molecule has 3 rings (SSSR count). The summed E-state index contributed by atoms with van der Waals surface area (Å²) in [7, 11) is 0. The van der Waals surface area contributed by atoms with Crippen LogP contribution in [-0.4, -0.2) is 51.8 Å². The van der Waals surface area contributed by atoms with Crippen molar-refractivity contribution >= 4 is 17.6 Å². The summed E-state index contributed by atoms with van der Waals surface area (Å²) in [5, 5.41) is 16.5. The third-order valence-corrected chi connectivity index (χ3v) is 6.23. The largest absolute Gasteiger partial charge is 0.357 e. The van der Waals surface area contributed by atoms with Crippen LogP contribution in [0.4, 0.5) is 0 Å². The van der Waals surface area contributed by atoms with E-state index in [0.717, 1.165) is 67.3 Å². The number of aliphatic imine (C=N–C) groups is 1. The van der Waals surface area contributed by atoms with Crippen molar-refractivity contribution in [2.24, 2.45) is 4.99 Å². The Bertz CT molecular complexity index is 844. The van der Waals surface area contributed by atoms with Crippen LogP contribution in [-0.2, 0) is 19.5 Å². The van der Waals surface area contributed by atoms with E-state index < -0.39 is 0 Å². The molecule has 0 bridgehead atoms. The Morgan fingerprint density at radius 2 is 1.94 bits per heavy atom. The zero-order valence-corrected chi connectivity index (χ0v) is 19.8. The molecule has 0 radical (unpaired) electrons. The van der Waals surface area contributed by atoms with Gasteiger partial charge in [-0.25, -0.2) is 4.99 Å². The summed E-state index contributed by atoms with van der Waals surface area (Å²) in [5.74, 6) is 2.83. The second-order valence-electron chi connectivity index (χ2n) is 7.83. The van der Waals surface area contributed by atoms with Gasteiger partial charge in [0.1, 0.15) is 12.4 Å². The van der Waals surface area contributed by atoms with Gasteiger partial charge in [-0.05, 0) is 44.5 Å². The Morgan fingerprint density at radius 3 is 2.68 bits per heavy atom. The number of guanidine groups is 1. The molecule has 1 unspecified atom stereocenters. The molecule has 0 saturated carbocycles. The van der Waals surface area contributed by atoms with E-state index in [9.17, 15) is 0 Å². The Hall–Kier alpha value is -2.12. The average Bonchev–Trinajstić information content (AvgIpc) is 3.01. The SMILES string of the molecule is CCNC(=NCc1nnc2n1CCCCC2)NCC(c1ccccc1Cl)N(CC)CC. The van der Waals surface area contributed by atoms with E-state index in [-0.39, 0.29) is 6.04 Å². The first-order valence-electron chi connectivity index (χ1n) is 11.6. The maximum atomic E-state index is 6.54. The average molecular weight is 446 g/mol. The summed E-state index contributed by atoms with van der Waals surface area (Å²) in [6.45, 7) is 11.4. The number of halogens is 1. The normalized spacial score (nSPS) is 15.5. The van der Waals surface area contributed by atoms with Crippen LogP contribution in [0.25, 0.3) is 0 Å². The smallest absolute Gasteiger partial charge is 0.191 e. The van der Waals surface area contributed by atoms with E-state index in [1.165, 1.54) is 19.3 Å². The van der Waals surface area contributed by atoms with Gasteiger partial charge in [-0.2, -0.15) is 0 Å². The molecule has 0 saturated heterocycles. The monoisotopic (exact) mass is 445 g/mol. The summed E-state index contributed by atoms with van der Waals surface area (Å²) in [6.07, 6.45) is 4.65. The second kappa shape index (κ2) is 12.1. The van der Waals surface area contributed by atoms with Gasteiger partial charge in [0.25, 0.3) is 0 Å². The third kappa shape index (κ3) is 6.20. The summed E-state index contributed by atoms with van der Waals surface area (Å²) < 4.78 is 2.25. The van der Waals surface area contributed by atoms with Crippen LogP contribution in [0, 0.1) is 0 Å². The summed E-state index contributed by atoms with van der Waals surface area (Å²) in [6, 6.07) is 8.27. The van der Waals surface area contributed by atoms with Crippen LogP contribution in [0.2, 0.25) is 5.02 Å². The van der Waals surface area contributed by atoms with Crippen LogP contribution in [0.3, 0.4) is 0 Å². The molecule has 1 aliphatic rings. The van der Waals surface area contributed by atoms with Gasteiger partial charge in [0, 0.05) is 31.1 Å². The fourth-order valence-corrected chi connectivity index (χ4v) is 4.45. The number of hydrogen-bond donors (Lipinski definition) is 2. The number of aryl methyl sites for hydroxylation is 1. The molecule has 2 aromatic rings. The standard InChI is InChI=1S/C23H36ClN7/c1-4-25-23(27-17-22-29-28-21-14-8-7-11-15-31(21)22)26-16-20(30(5-2)6-3)18-12-9-10-13-19(18)24/h9-10,12-13,20H,4-8,11,14-17H2,1-3H3,(H2,25,26,27). The Labute approximate surface area is 191 Å². The van der Waals surface area contributed by atoms with Gasteiger partial charge < -0.3 is 15.2 Å². The first-order valence-corrected chi connectivity index (χ1v) is 12.0. The molecule has 1 atom stereocenters. The fourth-order valence-electron chi connectivity index (χ4n) is 4.19. The van der Waals surface area contributed by atoms with Crippen LogP contribution < -0.4 is 10.6 Å². The minimum Gasteiger partial charge on any atom is -0.357 e. The van der Waals surface area contributed by atoms with Crippen LogP contribution in [0.15, 0.2) is 29.3 Å². The van der Waals surface area contributed by atoms with Crippen molar-refractivity contribution in [1.82, 2.24) is 30.3 Å². The molecule has 0 aliphatic carbocycles. The van der Waals surface area contributed by atoms with E-state index in [1.54, 1.807) is 0 Å². The van der Waals surface area contributed by atoms with Gasteiger partial charge >= 0.3 is 0 Å². The number of nitrogens with zero attached hydrogens (tertiary/aromatic N) is 5. The zero-order chi connectivity index (χ0) is 22.1. The molecule has 1 aromatic heterocycles. The van der Waals surface area contributed by atoms with Crippen LogP contribution in [0.1, 0.15) is 63.3 Å². The number of likely N-dealkylation sites (N-methyl/N-ethyl adjacent to an activating group) is 1. The van der Waals surface area contributed by atoms with Gasteiger partial charge in [0.15, 0.2) is 11.8 Å². The minimum absolute atomic E-state index is 0.164. The van der Waals surface area contributed by atoms with Crippen molar-refractivity contribution in [2.75, 3.05) is 26.2 Å². The second-order valence-corrected chi connectivity index (χ2v) is 8.24. The number of benzene rings is 1. The molecule has 2 N–H and O–H groups in total. The number of nitrogens with one attached hydrogen (secondary N) is 2. The number of rotatable bonds is 9. The van der Waals surface area contributed by atoms with Crippen LogP contribution >= 0.6 is 11.6 Å². The molecule has 170 valence electrons. The molecule has 7 nitrogen and oxygen atoms in total. The van der Waals surface area contributed by atoms with Gasteiger partial charge in [-0.1, -0.05) is 50.1 Å². The van der Waals surface area contributed by atoms with Crippen molar-refractivity contribution in [3.63, 3.8) is 0 Å². The minimum atomic E-state index is 0.164. The lowest BCUT2D eigenvalue weighted by atomic mass is 10.0. The predicted octanol–water partition coefficient (Wildman–Crippen LogP) is 3.80. The summed E-state index contributed by atoms with van der Waals surface area (Å²) in [4.78, 5) is 7.23. The van der Waals surface area contributed by atoms with Crippen LogP contribution in [0.5, 0.6) is 0 Å². The predicted molar refractivity (Wildman–Crippen MR) is 128 cm³/mol. The van der Waals surface area contributed by atoms with E-state index in [1.807, 2.05) is 18.2 Å². The number of fused-ring (bicyclic) bond motifs is 1. The lowest BCUT2D eigenvalue weighted by Gasteiger charge is -2.31. The molecular weight excluding hydrogens is 410 g/mol. The summed E-state index contributed by atoms with van der Waals surface area (Å²) >= 11 is 6.54. The van der Waals surface area contributed by atoms with Gasteiger partial charge in [-0.3, -0.25) is 4.90 Å². The van der Waals surface area contributed by atoms with Crippen molar-refractivity contribution in [1.29, 1.82) is 0 Å². The highest BCUT2D eigenvalue weighted by Crippen LogP contribution is 2.27. The van der Waals surface area contributed by atoms with Crippen molar-refractivity contribution in [2.45, 2.75) is 65.6 Å². The molecule has 1 aromatic carbocycles. The maximum absolute atomic E-state index is 6.54. The Balaban J connectivity index is 1.73. The van der Waals surface area contributed by atoms with Gasteiger partial charge in [-0.15, -0.1) is 10.2 Å². The lowest BCUT2D eigenvalue weighted by Crippen LogP contribution is -2.43. The van der Waals surface area contributed by atoms with E-state index in [0.29, 0.717) is 6.54 Å². The molecule has 1 aliphatic heterocycles. The summed E-state index contributed by atoms with van der Waals surface area (Å²) in [5.41, 5.74) is 1.14. The van der Waals surface area contributed by atoms with Gasteiger partial charge in [0.2, 0.25) is 0 Å². The molecule has 0 fully saturated rings. The van der Waals surface area contributed by atoms with E-state index in [4.69, 9.17) is 16.6 Å². The van der Waals surface area contributed by atoms with E-state index >= 15 is 0 Å². The molecule has 2 heterocycles. The quantitative estimate of drug-likeness (QED) is 0.454. The maximum Gasteiger partial charge on any atom is 0.191 e. The third-order valence-electron chi connectivity index (χ3n) is 5.89. The van der Waals surface area contributed by atoms with Gasteiger partial charge in [0.05, 0.1) is 6.04 Å². The molecule has 31 heavy (non-hydrogen) atoms. The number of aromatic nitrogens is 3. The zero-order valence-electron chi connectivity index (χ0n) is 19.1. The van der Waals surface area contributed by atoms with Crippen molar-refractivity contribution < 1.29 is 0 Å². The topological polar surface area (TPSA) is 70.4 Å². The fraction of sp³-hybridized carbons (Fsp3) is 0.609. The highest BCUT2D eigenvalue weighted by molar-refractivity contribution is 6.31. The molecule has 0 spiro atoms. The highest BCUT2D eigenvalue weighted by atomic mass is 35.5. The molecular formula is C23H36ClN7. The first kappa shape index (κ1) is 23.5. The molecule has 0 amide bonds. The van der Waals surface area contributed by atoms with Crippen molar-refractivity contribution in [3.05, 3.63) is 46.5 Å². The van der Waals surface area contributed by atoms with Crippen molar-refractivity contribution in [3.8, 4) is 0 Å². The Kier molecular flexibility index (Phi) is 9.15. The highest BCUT2D eigenvalue weighted by Gasteiger charge is 2.21.